The third kappa shape index (κ3) is 4.94. The van der Waals surface area contributed by atoms with Crippen LogP contribution in [0.2, 0.25) is 0 Å². The number of para-hydroxylation sites is 1. The molecule has 3 rings (SSSR count). The van der Waals surface area contributed by atoms with Gasteiger partial charge in [-0.1, -0.05) is 18.2 Å². The van der Waals surface area contributed by atoms with Crippen molar-refractivity contribution >= 4 is 29.2 Å². The number of carbonyl (C=O) groups excluding carboxylic acids is 3. The Morgan fingerprint density at radius 2 is 1.71 bits per heavy atom. The topological polar surface area (TPSA) is 84.9 Å². The third-order valence-electron chi connectivity index (χ3n) is 4.96. The lowest BCUT2D eigenvalue weighted by molar-refractivity contribution is -0.141. The first-order valence-electron chi connectivity index (χ1n) is 10.3. The lowest BCUT2D eigenvalue weighted by Crippen LogP contribution is -2.43. The molecule has 0 spiro atoms. The molecule has 1 aliphatic rings. The van der Waals surface area contributed by atoms with E-state index in [1.165, 1.54) is 4.90 Å². The Kier molecular flexibility index (Phi) is 7.07. The van der Waals surface area contributed by atoms with E-state index in [1.807, 2.05) is 25.1 Å². The summed E-state index contributed by atoms with van der Waals surface area (Å²) in [6.45, 7) is 5.96. The van der Waals surface area contributed by atoms with Gasteiger partial charge in [-0.2, -0.15) is 0 Å². The summed E-state index contributed by atoms with van der Waals surface area (Å²) in [4.78, 5) is 40.3. The van der Waals surface area contributed by atoms with Crippen molar-refractivity contribution in [3.8, 4) is 5.75 Å². The maximum Gasteiger partial charge on any atom is 0.336 e. The van der Waals surface area contributed by atoms with E-state index in [4.69, 9.17) is 9.47 Å². The number of amides is 2. The number of ether oxygens (including phenoxy) is 2. The number of rotatable bonds is 7. The Hall–Kier alpha value is -3.61. The van der Waals surface area contributed by atoms with Crippen LogP contribution in [0.5, 0.6) is 5.75 Å². The minimum absolute atomic E-state index is 0.136. The van der Waals surface area contributed by atoms with E-state index in [0.29, 0.717) is 29.4 Å². The number of anilines is 2. The van der Waals surface area contributed by atoms with Crippen molar-refractivity contribution in [3.05, 3.63) is 65.9 Å². The first kappa shape index (κ1) is 22.1. The molecule has 0 radical (unpaired) electrons. The molecule has 1 heterocycles. The highest BCUT2D eigenvalue weighted by molar-refractivity contribution is 6.10. The van der Waals surface area contributed by atoms with Gasteiger partial charge >= 0.3 is 5.97 Å². The molecule has 0 aromatic heterocycles. The minimum atomic E-state index is -0.946. The number of hydrogen-bond donors (Lipinski definition) is 1. The van der Waals surface area contributed by atoms with E-state index in [1.54, 1.807) is 50.2 Å². The summed E-state index contributed by atoms with van der Waals surface area (Å²) in [5, 5.41) is 2.80. The van der Waals surface area contributed by atoms with Crippen molar-refractivity contribution in [2.45, 2.75) is 27.2 Å². The zero-order valence-electron chi connectivity index (χ0n) is 17.9. The highest BCUT2D eigenvalue weighted by atomic mass is 16.5. The standard InChI is InChI=1S/C24H26N2O5/c1-4-30-19-13-11-17(12-14-19)25-23(28)20-15-21(27)26(18-9-7-6-8-10-18)16(3)22(20)24(29)31-5-2/h6-14,20H,4-5,15H2,1-3H3,(H,25,28). The maximum absolute atomic E-state index is 13.1. The van der Waals surface area contributed by atoms with E-state index in [-0.39, 0.29) is 24.5 Å². The summed E-state index contributed by atoms with van der Waals surface area (Å²) >= 11 is 0. The van der Waals surface area contributed by atoms with Gasteiger partial charge in [0.2, 0.25) is 11.8 Å². The molecule has 7 nitrogen and oxygen atoms in total. The normalized spacial score (nSPS) is 16.2. The molecule has 2 aromatic rings. The quantitative estimate of drug-likeness (QED) is 0.684. The summed E-state index contributed by atoms with van der Waals surface area (Å²) < 4.78 is 10.6. The van der Waals surface area contributed by atoms with Crippen molar-refractivity contribution in [2.75, 3.05) is 23.4 Å². The van der Waals surface area contributed by atoms with Gasteiger partial charge in [0.05, 0.1) is 24.7 Å². The van der Waals surface area contributed by atoms with Crippen LogP contribution in [0.4, 0.5) is 11.4 Å². The molecule has 0 bridgehead atoms. The Balaban J connectivity index is 1.92. The molecule has 0 saturated carbocycles. The molecule has 162 valence electrons. The summed E-state index contributed by atoms with van der Waals surface area (Å²) in [5.41, 5.74) is 1.77. The Bertz CT molecular complexity index is 983. The van der Waals surface area contributed by atoms with Crippen molar-refractivity contribution in [1.29, 1.82) is 0 Å². The molecule has 2 aromatic carbocycles. The number of hydrogen-bond acceptors (Lipinski definition) is 5. The molecule has 0 aliphatic carbocycles. The van der Waals surface area contributed by atoms with Gasteiger partial charge in [0.1, 0.15) is 5.75 Å². The highest BCUT2D eigenvalue weighted by Crippen LogP contribution is 2.34. The Morgan fingerprint density at radius 3 is 2.32 bits per heavy atom. The smallest absolute Gasteiger partial charge is 0.336 e. The molecule has 1 aliphatic heterocycles. The summed E-state index contributed by atoms with van der Waals surface area (Å²) in [7, 11) is 0. The van der Waals surface area contributed by atoms with E-state index >= 15 is 0 Å². The summed E-state index contributed by atoms with van der Waals surface area (Å²) in [6, 6.07) is 15.9. The zero-order chi connectivity index (χ0) is 22.4. The van der Waals surface area contributed by atoms with Gasteiger partial charge in [-0.15, -0.1) is 0 Å². The number of carbonyl (C=O) groups is 3. The maximum atomic E-state index is 13.1. The fraction of sp³-hybridized carbons (Fsp3) is 0.292. The van der Waals surface area contributed by atoms with Crippen LogP contribution in [-0.4, -0.2) is 31.0 Å². The third-order valence-corrected chi connectivity index (χ3v) is 4.96. The lowest BCUT2D eigenvalue weighted by Gasteiger charge is -2.33. The van der Waals surface area contributed by atoms with Gasteiger partial charge in [0.25, 0.3) is 0 Å². The van der Waals surface area contributed by atoms with Crippen LogP contribution in [0.25, 0.3) is 0 Å². The molecule has 1 unspecified atom stereocenters. The average molecular weight is 422 g/mol. The largest absolute Gasteiger partial charge is 0.494 e. The van der Waals surface area contributed by atoms with E-state index in [2.05, 4.69) is 5.32 Å². The predicted molar refractivity (Wildman–Crippen MR) is 118 cm³/mol. The second-order valence-electron chi connectivity index (χ2n) is 6.99. The van der Waals surface area contributed by atoms with Crippen molar-refractivity contribution in [1.82, 2.24) is 0 Å². The van der Waals surface area contributed by atoms with E-state index in [0.717, 1.165) is 0 Å². The van der Waals surface area contributed by atoms with Gasteiger partial charge in [-0.3, -0.25) is 14.5 Å². The fourth-order valence-corrected chi connectivity index (χ4v) is 3.60. The molecule has 1 N–H and O–H groups in total. The molecule has 31 heavy (non-hydrogen) atoms. The van der Waals surface area contributed by atoms with Crippen molar-refractivity contribution in [2.24, 2.45) is 5.92 Å². The summed E-state index contributed by atoms with van der Waals surface area (Å²) in [5.74, 6) is -1.55. The highest BCUT2D eigenvalue weighted by Gasteiger charge is 2.40. The van der Waals surface area contributed by atoms with Crippen LogP contribution in [0.3, 0.4) is 0 Å². The molecular weight excluding hydrogens is 396 g/mol. The first-order chi connectivity index (χ1) is 15.0. The predicted octanol–water partition coefficient (Wildman–Crippen LogP) is 3.91. The van der Waals surface area contributed by atoms with Crippen LogP contribution in [0, 0.1) is 5.92 Å². The summed E-state index contributed by atoms with van der Waals surface area (Å²) in [6.07, 6.45) is -0.136. The second-order valence-corrected chi connectivity index (χ2v) is 6.99. The molecule has 7 heteroatoms. The molecule has 2 amide bonds. The van der Waals surface area contributed by atoms with Gasteiger partial charge in [-0.25, -0.2) is 4.79 Å². The van der Waals surface area contributed by atoms with Gasteiger partial charge in [0, 0.05) is 23.5 Å². The van der Waals surface area contributed by atoms with Gasteiger partial charge in [-0.05, 0) is 57.2 Å². The van der Waals surface area contributed by atoms with Crippen LogP contribution >= 0.6 is 0 Å². The monoisotopic (exact) mass is 422 g/mol. The Labute approximate surface area is 181 Å². The number of benzene rings is 2. The number of nitrogens with one attached hydrogen (secondary N) is 1. The Morgan fingerprint density at radius 1 is 1.03 bits per heavy atom. The van der Waals surface area contributed by atoms with Gasteiger partial charge < -0.3 is 14.8 Å². The minimum Gasteiger partial charge on any atom is -0.494 e. The number of nitrogens with zero attached hydrogens (tertiary/aromatic N) is 1. The SMILES string of the molecule is CCOC(=O)C1=C(C)N(c2ccccc2)C(=O)CC1C(=O)Nc1ccc(OCC)cc1. The molecule has 0 fully saturated rings. The van der Waals surface area contributed by atoms with E-state index < -0.39 is 17.8 Å². The average Bonchev–Trinajstić information content (AvgIpc) is 2.75. The van der Waals surface area contributed by atoms with Gasteiger partial charge in [0.15, 0.2) is 0 Å². The van der Waals surface area contributed by atoms with Crippen LogP contribution in [-0.2, 0) is 19.1 Å². The fourth-order valence-electron chi connectivity index (χ4n) is 3.60. The van der Waals surface area contributed by atoms with Crippen LogP contribution < -0.4 is 15.0 Å². The molecular formula is C24H26N2O5. The number of esters is 1. The molecule has 1 atom stereocenters. The molecule has 0 saturated heterocycles. The van der Waals surface area contributed by atoms with Crippen LogP contribution in [0.1, 0.15) is 27.2 Å². The van der Waals surface area contributed by atoms with E-state index in [9.17, 15) is 14.4 Å². The van der Waals surface area contributed by atoms with Crippen molar-refractivity contribution < 1.29 is 23.9 Å². The number of allylic oxidation sites excluding steroid dienone is 1. The first-order valence-corrected chi connectivity index (χ1v) is 10.3. The second kappa shape index (κ2) is 9.93. The van der Waals surface area contributed by atoms with Crippen LogP contribution in [0.15, 0.2) is 65.9 Å². The zero-order valence-corrected chi connectivity index (χ0v) is 17.9. The lowest BCUT2D eigenvalue weighted by atomic mass is 9.88. The van der Waals surface area contributed by atoms with Crippen molar-refractivity contribution in [3.63, 3.8) is 0 Å².